The molecule has 0 bridgehead atoms. The van der Waals surface area contributed by atoms with E-state index in [2.05, 4.69) is 25.8 Å². The van der Waals surface area contributed by atoms with Gasteiger partial charge in [-0.2, -0.15) is 0 Å². The normalized spacial score (nSPS) is 12.3. The molecule has 3 rings (SSSR count). The summed E-state index contributed by atoms with van der Waals surface area (Å²) in [6, 6.07) is 11.3. The first-order chi connectivity index (χ1) is 14.9. The van der Waals surface area contributed by atoms with E-state index >= 15 is 0 Å². The highest BCUT2D eigenvalue weighted by Gasteiger charge is 2.33. The second kappa shape index (κ2) is 9.40. The molecule has 0 amide bonds. The van der Waals surface area contributed by atoms with Crippen molar-refractivity contribution in [2.75, 3.05) is 6.61 Å². The van der Waals surface area contributed by atoms with Crippen molar-refractivity contribution in [1.29, 1.82) is 0 Å². The number of aromatic nitrogens is 1. The van der Waals surface area contributed by atoms with Gasteiger partial charge in [0.25, 0.3) is 0 Å². The highest BCUT2D eigenvalue weighted by molar-refractivity contribution is 8.00. The summed E-state index contributed by atoms with van der Waals surface area (Å²) in [7, 11) is 0. The van der Waals surface area contributed by atoms with Crippen LogP contribution in [0.5, 0.6) is 5.75 Å². The Morgan fingerprint density at radius 2 is 1.75 bits per heavy atom. The van der Waals surface area contributed by atoms with E-state index < -0.39 is 5.41 Å². The molecular weight excluding hydrogens is 442 g/mol. The predicted molar refractivity (Wildman–Crippen MR) is 134 cm³/mol. The van der Waals surface area contributed by atoms with Crippen LogP contribution in [0.3, 0.4) is 0 Å². The summed E-state index contributed by atoms with van der Waals surface area (Å²) in [6.07, 6.45) is 1.09. The van der Waals surface area contributed by atoms with Crippen LogP contribution in [-0.2, 0) is 22.4 Å². The molecule has 0 aliphatic carbocycles. The van der Waals surface area contributed by atoms with Crippen LogP contribution in [0.1, 0.15) is 58.4 Å². The number of hydrogen-bond donors (Lipinski definition) is 2. The van der Waals surface area contributed by atoms with Crippen LogP contribution in [0.2, 0.25) is 5.02 Å². The Bertz CT molecular complexity index is 1110. The average molecular weight is 474 g/mol. The number of hydrogen-bond acceptors (Lipinski definition) is 4. The second-order valence-electron chi connectivity index (χ2n) is 9.72. The van der Waals surface area contributed by atoms with E-state index in [4.69, 9.17) is 16.3 Å². The quantitative estimate of drug-likeness (QED) is 0.282. The molecule has 0 saturated heterocycles. The number of phenols is 1. The van der Waals surface area contributed by atoms with Gasteiger partial charge in [-0.15, -0.1) is 11.8 Å². The standard InChI is InChI=1S/C26H32ClNO3S/c1-7-31-24(30)26(5,6)15-20-23(32-25(2,3)4)22-18(21(29)13-12-19(22)28-20)14-16-8-10-17(27)11-9-16/h8-13,28-29H,7,14-15H2,1-6H3. The first-order valence-electron chi connectivity index (χ1n) is 10.9. The maximum atomic E-state index is 12.6. The van der Waals surface area contributed by atoms with E-state index in [1.54, 1.807) is 17.8 Å². The van der Waals surface area contributed by atoms with Crippen LogP contribution in [0.4, 0.5) is 0 Å². The lowest BCUT2D eigenvalue weighted by molar-refractivity contribution is -0.153. The number of carbonyl (C=O) groups is 1. The van der Waals surface area contributed by atoms with Gasteiger partial charge in [0, 0.05) is 49.7 Å². The lowest BCUT2D eigenvalue weighted by Crippen LogP contribution is -2.29. The summed E-state index contributed by atoms with van der Waals surface area (Å²) in [6.45, 7) is 12.5. The summed E-state index contributed by atoms with van der Waals surface area (Å²) < 4.78 is 5.26. The third kappa shape index (κ3) is 5.62. The second-order valence-corrected chi connectivity index (χ2v) is 12.0. The lowest BCUT2D eigenvalue weighted by Gasteiger charge is -2.24. The number of aromatic amines is 1. The van der Waals surface area contributed by atoms with Gasteiger partial charge in [0.1, 0.15) is 5.75 Å². The van der Waals surface area contributed by atoms with Crippen LogP contribution in [0.25, 0.3) is 10.9 Å². The van der Waals surface area contributed by atoms with Crippen molar-refractivity contribution >= 4 is 40.2 Å². The maximum absolute atomic E-state index is 12.6. The Labute approximate surface area is 199 Å². The van der Waals surface area contributed by atoms with Crippen molar-refractivity contribution in [2.24, 2.45) is 5.41 Å². The molecule has 32 heavy (non-hydrogen) atoms. The molecule has 0 unspecified atom stereocenters. The molecule has 2 N–H and O–H groups in total. The van der Waals surface area contributed by atoms with Crippen molar-refractivity contribution in [3.05, 3.63) is 58.2 Å². The number of phenolic OH excluding ortho intramolecular Hbond substituents is 1. The highest BCUT2D eigenvalue weighted by Crippen LogP contribution is 2.44. The largest absolute Gasteiger partial charge is 0.508 e. The molecule has 1 aromatic heterocycles. The molecule has 0 fully saturated rings. The van der Waals surface area contributed by atoms with Crippen molar-refractivity contribution in [3.63, 3.8) is 0 Å². The number of halogens is 1. The minimum atomic E-state index is -0.678. The number of benzene rings is 2. The van der Waals surface area contributed by atoms with Gasteiger partial charge in [-0.1, -0.05) is 44.5 Å². The first-order valence-corrected chi connectivity index (χ1v) is 12.1. The van der Waals surface area contributed by atoms with Crippen LogP contribution in [-0.4, -0.2) is 27.4 Å². The minimum Gasteiger partial charge on any atom is -0.508 e. The average Bonchev–Trinajstić information content (AvgIpc) is 3.01. The van der Waals surface area contributed by atoms with Crippen LogP contribution >= 0.6 is 23.4 Å². The fourth-order valence-corrected chi connectivity index (χ4v) is 5.06. The van der Waals surface area contributed by atoms with Crippen molar-refractivity contribution in [2.45, 2.75) is 64.0 Å². The number of ether oxygens (including phenoxy) is 1. The molecule has 0 atom stereocenters. The van der Waals surface area contributed by atoms with E-state index in [1.165, 1.54) is 0 Å². The minimum absolute atomic E-state index is 0.0546. The van der Waals surface area contributed by atoms with E-state index in [0.717, 1.165) is 32.6 Å². The predicted octanol–water partition coefficient (Wildman–Crippen LogP) is 7.14. The zero-order chi connectivity index (χ0) is 23.7. The molecule has 3 aromatic rings. The summed E-state index contributed by atoms with van der Waals surface area (Å²) in [5.74, 6) is 0.0491. The Hall–Kier alpha value is -2.11. The first kappa shape index (κ1) is 24.5. The summed E-state index contributed by atoms with van der Waals surface area (Å²) >= 11 is 7.81. The lowest BCUT2D eigenvalue weighted by atomic mass is 9.88. The Morgan fingerprint density at radius 1 is 1.09 bits per heavy atom. The summed E-state index contributed by atoms with van der Waals surface area (Å²) in [4.78, 5) is 17.2. The third-order valence-electron chi connectivity index (χ3n) is 5.22. The van der Waals surface area contributed by atoms with Gasteiger partial charge in [0.05, 0.1) is 12.0 Å². The molecule has 6 heteroatoms. The SMILES string of the molecule is CCOC(=O)C(C)(C)Cc1[nH]c2ccc(O)c(Cc3ccc(Cl)cc3)c2c1SC(C)(C)C. The van der Waals surface area contributed by atoms with E-state index in [-0.39, 0.29) is 16.5 Å². The number of nitrogens with one attached hydrogen (secondary N) is 1. The van der Waals surface area contributed by atoms with Crippen LogP contribution < -0.4 is 0 Å². The molecule has 2 aromatic carbocycles. The third-order valence-corrected chi connectivity index (χ3v) is 6.74. The van der Waals surface area contributed by atoms with E-state index in [1.807, 2.05) is 51.1 Å². The number of rotatable bonds is 7. The number of H-pyrrole nitrogens is 1. The Kier molecular flexibility index (Phi) is 7.21. The Morgan fingerprint density at radius 3 is 2.34 bits per heavy atom. The monoisotopic (exact) mass is 473 g/mol. The zero-order valence-electron chi connectivity index (χ0n) is 19.6. The van der Waals surface area contributed by atoms with Gasteiger partial charge in [-0.3, -0.25) is 4.79 Å². The highest BCUT2D eigenvalue weighted by atomic mass is 35.5. The number of fused-ring (bicyclic) bond motifs is 1. The topological polar surface area (TPSA) is 62.3 Å². The smallest absolute Gasteiger partial charge is 0.311 e. The molecular formula is C26H32ClNO3S. The van der Waals surface area contributed by atoms with Crippen molar-refractivity contribution < 1.29 is 14.6 Å². The summed E-state index contributed by atoms with van der Waals surface area (Å²) in [5, 5.41) is 12.5. The number of aromatic hydroxyl groups is 1. The maximum Gasteiger partial charge on any atom is 0.311 e. The van der Waals surface area contributed by atoms with Crippen molar-refractivity contribution in [1.82, 2.24) is 4.98 Å². The molecule has 172 valence electrons. The van der Waals surface area contributed by atoms with Crippen molar-refractivity contribution in [3.8, 4) is 5.75 Å². The molecule has 0 saturated carbocycles. The molecule has 0 aliphatic heterocycles. The molecule has 0 aliphatic rings. The Balaban J connectivity index is 2.15. The summed E-state index contributed by atoms with van der Waals surface area (Å²) in [5.41, 5.74) is 3.20. The fourth-order valence-electron chi connectivity index (χ4n) is 3.74. The van der Waals surface area contributed by atoms with Gasteiger partial charge < -0.3 is 14.8 Å². The zero-order valence-corrected chi connectivity index (χ0v) is 21.2. The number of carbonyl (C=O) groups excluding carboxylic acids is 1. The molecule has 0 spiro atoms. The molecule has 1 heterocycles. The van der Waals surface area contributed by atoms with E-state index in [9.17, 15) is 9.90 Å². The van der Waals surface area contributed by atoms with Gasteiger partial charge in [0.2, 0.25) is 0 Å². The van der Waals surface area contributed by atoms with Gasteiger partial charge in [-0.05, 0) is 50.6 Å². The van der Waals surface area contributed by atoms with E-state index in [0.29, 0.717) is 24.5 Å². The van der Waals surface area contributed by atoms with Gasteiger partial charge in [-0.25, -0.2) is 0 Å². The molecule has 0 radical (unpaired) electrons. The van der Waals surface area contributed by atoms with Crippen LogP contribution in [0, 0.1) is 5.41 Å². The van der Waals surface area contributed by atoms with Gasteiger partial charge >= 0.3 is 5.97 Å². The van der Waals surface area contributed by atoms with Gasteiger partial charge in [0.15, 0.2) is 0 Å². The number of esters is 1. The fraction of sp³-hybridized carbons (Fsp3) is 0.423. The molecule has 4 nitrogen and oxygen atoms in total. The number of thioether (sulfide) groups is 1. The van der Waals surface area contributed by atoms with Crippen LogP contribution in [0.15, 0.2) is 41.3 Å².